The summed E-state index contributed by atoms with van der Waals surface area (Å²) in [5, 5.41) is 0. The van der Waals surface area contributed by atoms with Gasteiger partial charge in [0.2, 0.25) is 10.7 Å². The van der Waals surface area contributed by atoms with E-state index in [-0.39, 0.29) is 0 Å². The number of unbranched alkanes of at least 4 members (excludes halogenated alkanes) is 2. The molecule has 18 heteroatoms. The predicted octanol–water partition coefficient (Wildman–Crippen LogP) is 8.52. The molecular weight excluding hydrogens is 727 g/mol. The van der Waals surface area contributed by atoms with Crippen LogP contribution in [0.5, 0.6) is 0 Å². The summed E-state index contributed by atoms with van der Waals surface area (Å²) in [6.07, 6.45) is 15.0. The van der Waals surface area contributed by atoms with Crippen LogP contribution < -0.4 is 4.90 Å². The molecule has 5 N–H and O–H groups in total. The van der Waals surface area contributed by atoms with E-state index in [9.17, 15) is 0 Å². The van der Waals surface area contributed by atoms with E-state index in [1.165, 1.54) is 12.8 Å². The van der Waals surface area contributed by atoms with Crippen LogP contribution in [-0.4, -0.2) is 72.9 Å². The second-order valence-electron chi connectivity index (χ2n) is 10.4. The Bertz CT molecular complexity index is 1960. The quantitative estimate of drug-likeness (QED) is 0.0842. The average Bonchev–Trinajstić information content (AvgIpc) is 3.12. The number of pyridine rings is 3. The molecule has 13 nitrogen and oxygen atoms in total. The Kier molecular flexibility index (Phi) is 15.4. The fourth-order valence-corrected chi connectivity index (χ4v) is 5.47. The highest BCUT2D eigenvalue weighted by molar-refractivity contribution is 7.72. The van der Waals surface area contributed by atoms with E-state index >= 15 is 0 Å². The Morgan fingerprint density at radius 1 is 0.480 bits per heavy atom. The Morgan fingerprint density at radius 2 is 0.820 bits per heavy atom. The van der Waals surface area contributed by atoms with Gasteiger partial charge >= 0.3 is 0 Å². The summed E-state index contributed by atoms with van der Waals surface area (Å²) in [4.78, 5) is 46.4. The normalized spacial score (nSPS) is 10.3. The van der Waals surface area contributed by atoms with Crippen LogP contribution in [0.4, 0.5) is 5.95 Å². The van der Waals surface area contributed by atoms with Gasteiger partial charge in [-0.3, -0.25) is 15.0 Å². The van der Waals surface area contributed by atoms with Crippen molar-refractivity contribution < 1.29 is 0 Å². The molecular formula is C32H35N13S5. The Hall–Kier alpha value is -4.62. The zero-order valence-corrected chi connectivity index (χ0v) is 31.4. The molecule has 0 aromatic carbocycles. The first-order valence-corrected chi connectivity index (χ1v) is 17.7. The molecule has 0 aliphatic carbocycles. The lowest BCUT2D eigenvalue weighted by Gasteiger charge is -2.22. The molecule has 0 aliphatic heterocycles. The fraction of sp³-hybridized carbons (Fsp3) is 0.250. The van der Waals surface area contributed by atoms with Crippen LogP contribution in [0.3, 0.4) is 0 Å². The summed E-state index contributed by atoms with van der Waals surface area (Å²) < 4.78 is 2.33. The molecule has 0 fully saturated rings. The van der Waals surface area contributed by atoms with Crippen LogP contribution in [0.2, 0.25) is 0 Å². The highest BCUT2D eigenvalue weighted by Crippen LogP contribution is 2.23. The molecule has 258 valence electrons. The molecule has 0 saturated heterocycles. The van der Waals surface area contributed by atoms with Crippen molar-refractivity contribution >= 4 is 67.0 Å². The zero-order valence-electron chi connectivity index (χ0n) is 27.3. The third-order valence-electron chi connectivity index (χ3n) is 6.65. The number of nitrogens with zero attached hydrogens (tertiary/aromatic N) is 8. The van der Waals surface area contributed by atoms with Gasteiger partial charge in [-0.1, -0.05) is 26.7 Å². The van der Waals surface area contributed by atoms with Gasteiger partial charge in [0.15, 0.2) is 36.6 Å². The van der Waals surface area contributed by atoms with Crippen molar-refractivity contribution in [1.29, 1.82) is 0 Å². The maximum atomic E-state index is 5.09. The molecule has 0 bridgehead atoms. The number of nitrogens with one attached hydrogen (secondary N) is 5. The van der Waals surface area contributed by atoms with Gasteiger partial charge in [-0.05, 0) is 110 Å². The van der Waals surface area contributed by atoms with Crippen LogP contribution in [0.1, 0.15) is 39.5 Å². The minimum absolute atomic E-state index is 0.446. The summed E-state index contributed by atoms with van der Waals surface area (Å²) in [5.74, 6) is 2.60. The third kappa shape index (κ3) is 12.4. The van der Waals surface area contributed by atoms with Gasteiger partial charge in [0.05, 0.1) is 0 Å². The van der Waals surface area contributed by atoms with Crippen LogP contribution in [-0.2, 0) is 0 Å². The second-order valence-corrected chi connectivity index (χ2v) is 12.4. The van der Waals surface area contributed by atoms with Gasteiger partial charge in [-0.2, -0.15) is 4.98 Å². The third-order valence-corrected chi connectivity index (χ3v) is 7.66. The summed E-state index contributed by atoms with van der Waals surface area (Å²) in [5.41, 5.74) is 2.66. The number of aromatic nitrogens is 12. The van der Waals surface area contributed by atoms with Crippen molar-refractivity contribution in [1.82, 2.24) is 59.8 Å². The maximum absolute atomic E-state index is 5.09. The molecule has 0 radical (unpaired) electrons. The SMILES string of the molecule is CCCCN(CCCC)c1nc(=S)[nH]c(=S)[nH]1.S=c1[nH]c(=S)[nH]c(=S)[nH]1.c1cc(-c2nc(-c3ccncc3)nc(-c3ccncc3)n2)ccn1. The monoisotopic (exact) mass is 761 g/mol. The lowest BCUT2D eigenvalue weighted by molar-refractivity contribution is 0.659. The van der Waals surface area contributed by atoms with Crippen LogP contribution in [0.15, 0.2) is 73.6 Å². The largest absolute Gasteiger partial charge is 0.342 e. The summed E-state index contributed by atoms with van der Waals surface area (Å²) in [7, 11) is 0. The Labute approximate surface area is 314 Å². The fourth-order valence-electron chi connectivity index (χ4n) is 4.22. The highest BCUT2D eigenvalue weighted by Gasteiger charge is 2.12. The lowest BCUT2D eigenvalue weighted by Crippen LogP contribution is -2.27. The molecule has 0 atom stereocenters. The summed E-state index contributed by atoms with van der Waals surface area (Å²) in [6.45, 7) is 6.36. The van der Waals surface area contributed by atoms with Crippen molar-refractivity contribution in [2.45, 2.75) is 39.5 Å². The van der Waals surface area contributed by atoms with Crippen molar-refractivity contribution in [3.8, 4) is 34.2 Å². The molecule has 0 spiro atoms. The van der Waals surface area contributed by atoms with Gasteiger partial charge < -0.3 is 29.8 Å². The maximum Gasteiger partial charge on any atom is 0.207 e. The molecule has 6 rings (SSSR count). The second kappa shape index (κ2) is 20.1. The van der Waals surface area contributed by atoms with Gasteiger partial charge in [0.25, 0.3) is 0 Å². The van der Waals surface area contributed by atoms with E-state index in [1.54, 1.807) is 37.2 Å². The first kappa shape index (κ1) is 38.2. The average molecular weight is 762 g/mol. The van der Waals surface area contributed by atoms with Crippen LogP contribution >= 0.6 is 61.1 Å². The van der Waals surface area contributed by atoms with Crippen molar-refractivity contribution in [3.63, 3.8) is 0 Å². The topological polar surface area (TPSA) is 172 Å². The lowest BCUT2D eigenvalue weighted by atomic mass is 10.2. The summed E-state index contributed by atoms with van der Waals surface area (Å²) in [6, 6.07) is 11.3. The minimum Gasteiger partial charge on any atom is -0.342 e. The number of anilines is 1. The highest BCUT2D eigenvalue weighted by atomic mass is 32.1. The summed E-state index contributed by atoms with van der Waals surface area (Å²) >= 11 is 24.3. The minimum atomic E-state index is 0.446. The molecule has 6 heterocycles. The molecule has 0 amide bonds. The number of rotatable bonds is 10. The van der Waals surface area contributed by atoms with E-state index in [0.29, 0.717) is 41.3 Å². The first-order valence-electron chi connectivity index (χ1n) is 15.6. The molecule has 0 aliphatic rings. The Morgan fingerprint density at radius 3 is 1.14 bits per heavy atom. The Balaban J connectivity index is 0.000000188. The van der Waals surface area contributed by atoms with Crippen molar-refractivity contribution in [2.75, 3.05) is 18.0 Å². The first-order chi connectivity index (χ1) is 24.2. The standard InChI is InChI=1S/C18H12N6.C11H20N4S2.C3H3N3S3/c1-7-19-8-2-13(1)16-22-17(14-3-9-20-10-4-14)24-18(23-16)15-5-11-21-12-6-15;1-3-5-7-15(8-6-4-2)9-12-10(16)14-11(17)13-9;7-1-4-2(8)6-3(9)5-1/h1-12H;3-8H2,1-2H3,(H2,12,13,14,16,17);(H3,4,5,6,7,8,9). The van der Waals surface area contributed by atoms with E-state index < -0.39 is 0 Å². The van der Waals surface area contributed by atoms with Crippen molar-refractivity contribution in [2.24, 2.45) is 0 Å². The predicted molar refractivity (Wildman–Crippen MR) is 208 cm³/mol. The smallest absolute Gasteiger partial charge is 0.207 e. The van der Waals surface area contributed by atoms with Gasteiger partial charge in [0, 0.05) is 67.0 Å². The number of aromatic amines is 5. The van der Waals surface area contributed by atoms with E-state index in [0.717, 1.165) is 48.6 Å². The molecule has 6 aromatic heterocycles. The van der Waals surface area contributed by atoms with Crippen LogP contribution in [0, 0.1) is 23.9 Å². The molecule has 6 aromatic rings. The number of hydrogen-bond donors (Lipinski definition) is 5. The molecule has 50 heavy (non-hydrogen) atoms. The number of hydrogen-bond acceptors (Lipinski definition) is 13. The molecule has 0 saturated carbocycles. The van der Waals surface area contributed by atoms with E-state index in [4.69, 9.17) is 61.1 Å². The van der Waals surface area contributed by atoms with Crippen molar-refractivity contribution in [3.05, 3.63) is 97.4 Å². The zero-order chi connectivity index (χ0) is 35.7. The van der Waals surface area contributed by atoms with E-state index in [1.807, 2.05) is 36.4 Å². The van der Waals surface area contributed by atoms with E-state index in [2.05, 4.69) is 78.6 Å². The molecule has 0 unspecified atom stereocenters. The van der Waals surface area contributed by atoms with Gasteiger partial charge in [0.1, 0.15) is 0 Å². The number of H-pyrrole nitrogens is 5. The van der Waals surface area contributed by atoms with Crippen LogP contribution in [0.25, 0.3) is 34.2 Å². The van der Waals surface area contributed by atoms with Gasteiger partial charge in [-0.15, -0.1) is 0 Å². The van der Waals surface area contributed by atoms with Gasteiger partial charge in [-0.25, -0.2) is 15.0 Å².